The fourth-order valence-electron chi connectivity index (χ4n) is 2.21. The van der Waals surface area contributed by atoms with Crippen LogP contribution < -0.4 is 5.73 Å². The molecule has 0 unspecified atom stereocenters. The summed E-state index contributed by atoms with van der Waals surface area (Å²) >= 11 is 1.50. The quantitative estimate of drug-likeness (QED) is 0.452. The molecule has 4 rings (SSSR count). The summed E-state index contributed by atoms with van der Waals surface area (Å²) in [6.07, 6.45) is 1.56. The Morgan fingerprint density at radius 1 is 1.17 bits per heavy atom. The molecule has 2 N–H and O–H groups in total. The van der Waals surface area contributed by atoms with Crippen LogP contribution in [0.2, 0.25) is 0 Å². The number of thioether (sulfide) groups is 1. The second kappa shape index (κ2) is 5.97. The Labute approximate surface area is 140 Å². The van der Waals surface area contributed by atoms with Crippen LogP contribution in [0, 0.1) is 5.82 Å². The Morgan fingerprint density at radius 3 is 2.75 bits per heavy atom. The molecule has 24 heavy (non-hydrogen) atoms. The van der Waals surface area contributed by atoms with Crippen molar-refractivity contribution >= 4 is 23.4 Å². The van der Waals surface area contributed by atoms with Crippen molar-refractivity contribution < 1.29 is 8.81 Å². The minimum Gasteiger partial charge on any atom is -0.461 e. The molecule has 0 radical (unpaired) electrons. The van der Waals surface area contributed by atoms with Crippen molar-refractivity contribution in [2.45, 2.75) is 10.8 Å². The van der Waals surface area contributed by atoms with Gasteiger partial charge in [-0.25, -0.2) is 14.4 Å². The van der Waals surface area contributed by atoms with Crippen molar-refractivity contribution in [1.82, 2.24) is 19.6 Å². The van der Waals surface area contributed by atoms with Gasteiger partial charge in [0, 0.05) is 11.8 Å². The summed E-state index contributed by atoms with van der Waals surface area (Å²) in [6.45, 7) is 0. The predicted molar refractivity (Wildman–Crippen MR) is 88.9 cm³/mol. The van der Waals surface area contributed by atoms with E-state index in [0.29, 0.717) is 23.0 Å². The normalized spacial score (nSPS) is 11.2. The SMILES string of the molecule is Nc1nc(SCc2ccc(F)cc2)cc2nc(-c3ccco3)nn12. The lowest BCUT2D eigenvalue weighted by Gasteiger charge is -2.03. The molecule has 0 saturated carbocycles. The van der Waals surface area contributed by atoms with Crippen molar-refractivity contribution in [3.8, 4) is 11.6 Å². The molecule has 4 aromatic rings. The molecule has 6 nitrogen and oxygen atoms in total. The second-order valence-electron chi connectivity index (χ2n) is 5.05. The van der Waals surface area contributed by atoms with Crippen LogP contribution in [0.1, 0.15) is 5.56 Å². The first-order chi connectivity index (χ1) is 11.7. The zero-order valence-electron chi connectivity index (χ0n) is 12.4. The summed E-state index contributed by atoms with van der Waals surface area (Å²) < 4.78 is 19.7. The average molecular weight is 341 g/mol. The smallest absolute Gasteiger partial charge is 0.224 e. The summed E-state index contributed by atoms with van der Waals surface area (Å²) in [5.74, 6) is 1.68. The van der Waals surface area contributed by atoms with Gasteiger partial charge in [0.05, 0.1) is 6.26 Å². The van der Waals surface area contributed by atoms with E-state index in [9.17, 15) is 4.39 Å². The van der Waals surface area contributed by atoms with E-state index in [2.05, 4.69) is 15.1 Å². The molecule has 120 valence electrons. The molecular weight excluding hydrogens is 329 g/mol. The van der Waals surface area contributed by atoms with Crippen LogP contribution in [0.3, 0.4) is 0 Å². The first-order valence-corrected chi connectivity index (χ1v) is 8.12. The number of hydrogen-bond acceptors (Lipinski definition) is 6. The van der Waals surface area contributed by atoms with E-state index in [-0.39, 0.29) is 11.8 Å². The number of aromatic nitrogens is 4. The van der Waals surface area contributed by atoms with Crippen LogP contribution in [0.25, 0.3) is 17.2 Å². The van der Waals surface area contributed by atoms with E-state index in [1.807, 2.05) is 6.07 Å². The van der Waals surface area contributed by atoms with E-state index >= 15 is 0 Å². The third kappa shape index (κ3) is 2.83. The van der Waals surface area contributed by atoms with E-state index in [1.54, 1.807) is 30.5 Å². The number of hydrogen-bond donors (Lipinski definition) is 1. The Kier molecular flexibility index (Phi) is 3.66. The van der Waals surface area contributed by atoms with Crippen molar-refractivity contribution in [2.24, 2.45) is 0 Å². The van der Waals surface area contributed by atoms with Gasteiger partial charge in [-0.1, -0.05) is 12.1 Å². The van der Waals surface area contributed by atoms with Gasteiger partial charge < -0.3 is 10.2 Å². The first-order valence-electron chi connectivity index (χ1n) is 7.13. The lowest BCUT2D eigenvalue weighted by atomic mass is 10.2. The largest absolute Gasteiger partial charge is 0.461 e. The van der Waals surface area contributed by atoms with Gasteiger partial charge in [0.1, 0.15) is 10.8 Å². The van der Waals surface area contributed by atoms with Crippen LogP contribution in [0.5, 0.6) is 0 Å². The average Bonchev–Trinajstić information content (AvgIpc) is 3.23. The van der Waals surface area contributed by atoms with E-state index in [4.69, 9.17) is 10.2 Å². The highest BCUT2D eigenvalue weighted by molar-refractivity contribution is 7.98. The molecular formula is C16H12FN5OS. The van der Waals surface area contributed by atoms with Crippen molar-refractivity contribution in [2.75, 3.05) is 5.73 Å². The lowest BCUT2D eigenvalue weighted by molar-refractivity contribution is 0.577. The topological polar surface area (TPSA) is 82.2 Å². The van der Waals surface area contributed by atoms with Gasteiger partial charge in [0.15, 0.2) is 11.4 Å². The zero-order valence-corrected chi connectivity index (χ0v) is 13.2. The molecule has 0 aliphatic carbocycles. The van der Waals surface area contributed by atoms with Gasteiger partial charge in [0.2, 0.25) is 11.8 Å². The Hall–Kier alpha value is -2.87. The van der Waals surface area contributed by atoms with Gasteiger partial charge in [0.25, 0.3) is 0 Å². The number of rotatable bonds is 4. The molecule has 3 aromatic heterocycles. The Morgan fingerprint density at radius 2 is 2.00 bits per heavy atom. The van der Waals surface area contributed by atoms with Crippen molar-refractivity contribution in [1.29, 1.82) is 0 Å². The van der Waals surface area contributed by atoms with Gasteiger partial charge >= 0.3 is 0 Å². The summed E-state index contributed by atoms with van der Waals surface area (Å²) in [7, 11) is 0. The molecule has 0 amide bonds. The molecule has 0 saturated heterocycles. The maximum atomic E-state index is 12.9. The number of fused-ring (bicyclic) bond motifs is 1. The number of nitrogen functional groups attached to an aromatic ring is 1. The summed E-state index contributed by atoms with van der Waals surface area (Å²) in [5, 5.41) is 5.02. The van der Waals surface area contributed by atoms with Gasteiger partial charge in [-0.15, -0.1) is 16.9 Å². The van der Waals surface area contributed by atoms with E-state index in [1.165, 1.54) is 28.4 Å². The van der Waals surface area contributed by atoms with E-state index in [0.717, 1.165) is 10.6 Å². The standard InChI is InChI=1S/C16H12FN5OS/c17-11-5-3-10(4-6-11)9-24-14-8-13-19-15(12-2-1-7-23-12)21-22(13)16(18)20-14/h1-8H,9H2,(H2,18,20). The number of benzene rings is 1. The number of furan rings is 1. The van der Waals surface area contributed by atoms with Gasteiger partial charge in [-0.3, -0.25) is 0 Å². The maximum Gasteiger partial charge on any atom is 0.224 e. The molecule has 0 spiro atoms. The highest BCUT2D eigenvalue weighted by Gasteiger charge is 2.12. The summed E-state index contributed by atoms with van der Waals surface area (Å²) in [6, 6.07) is 11.7. The van der Waals surface area contributed by atoms with Gasteiger partial charge in [-0.05, 0) is 29.8 Å². The number of nitrogens with two attached hydrogens (primary N) is 1. The summed E-state index contributed by atoms with van der Waals surface area (Å²) in [5.41, 5.74) is 7.56. The minimum atomic E-state index is -0.249. The van der Waals surface area contributed by atoms with Crippen molar-refractivity contribution in [3.63, 3.8) is 0 Å². The highest BCUT2D eigenvalue weighted by atomic mass is 32.2. The minimum absolute atomic E-state index is 0.249. The summed E-state index contributed by atoms with van der Waals surface area (Å²) in [4.78, 5) is 8.74. The number of anilines is 1. The van der Waals surface area contributed by atoms with Crippen LogP contribution in [0.15, 0.2) is 58.2 Å². The van der Waals surface area contributed by atoms with E-state index < -0.39 is 0 Å². The predicted octanol–water partition coefficient (Wildman–Crippen LogP) is 3.40. The monoisotopic (exact) mass is 341 g/mol. The van der Waals surface area contributed by atoms with Crippen LogP contribution >= 0.6 is 11.8 Å². The molecule has 3 heterocycles. The fraction of sp³-hybridized carbons (Fsp3) is 0.0625. The van der Waals surface area contributed by atoms with Crippen molar-refractivity contribution in [3.05, 3.63) is 60.1 Å². The Balaban J connectivity index is 1.61. The number of halogens is 1. The molecule has 1 aromatic carbocycles. The zero-order chi connectivity index (χ0) is 16.5. The maximum absolute atomic E-state index is 12.9. The molecule has 0 bridgehead atoms. The van der Waals surface area contributed by atoms with Gasteiger partial charge in [-0.2, -0.15) is 4.52 Å². The lowest BCUT2D eigenvalue weighted by Crippen LogP contribution is -2.02. The molecule has 0 aliphatic heterocycles. The molecule has 0 atom stereocenters. The molecule has 0 fully saturated rings. The first kappa shape index (κ1) is 14.7. The molecule has 0 aliphatic rings. The second-order valence-corrected chi connectivity index (χ2v) is 6.05. The molecule has 8 heteroatoms. The highest BCUT2D eigenvalue weighted by Crippen LogP contribution is 2.25. The number of nitrogens with zero attached hydrogens (tertiary/aromatic N) is 4. The van der Waals surface area contributed by atoms with Crippen LogP contribution in [-0.4, -0.2) is 19.6 Å². The fourth-order valence-corrected chi connectivity index (χ4v) is 3.06. The Bertz CT molecular complexity index is 982. The third-order valence-corrected chi connectivity index (χ3v) is 4.35. The van der Waals surface area contributed by atoms with Crippen LogP contribution in [0.4, 0.5) is 10.3 Å². The third-order valence-electron chi connectivity index (χ3n) is 3.37. The van der Waals surface area contributed by atoms with Crippen LogP contribution in [-0.2, 0) is 5.75 Å².